The highest BCUT2D eigenvalue weighted by molar-refractivity contribution is 6.33. The molecule has 0 spiro atoms. The number of nitrogens with one attached hydrogen (secondary N) is 1. The van der Waals surface area contributed by atoms with E-state index in [0.717, 1.165) is 0 Å². The number of nitrogen functional groups attached to an aromatic ring is 1. The lowest BCUT2D eigenvalue weighted by Crippen LogP contribution is -2.27. The van der Waals surface area contributed by atoms with Crippen LogP contribution < -0.4 is 11.1 Å². The fourth-order valence-electron chi connectivity index (χ4n) is 1.85. The van der Waals surface area contributed by atoms with Gasteiger partial charge in [0.05, 0.1) is 16.8 Å². The van der Waals surface area contributed by atoms with Gasteiger partial charge in [-0.1, -0.05) is 29.8 Å². The zero-order valence-electron chi connectivity index (χ0n) is 10.9. The number of carbonyl (C=O) groups is 1. The van der Waals surface area contributed by atoms with Crippen molar-refractivity contribution in [3.8, 4) is 0 Å². The maximum atomic E-state index is 13.6. The standard InChI is InChI=1S/C15H14ClFN2O/c1-9(11-4-2-3-5-13(11)17)19-15(20)10-6-7-14(18)12(16)8-10/h2-9H,18H2,1H3,(H,19,20)/t9-/m1/s1. The van der Waals surface area contributed by atoms with Crippen LogP contribution >= 0.6 is 11.6 Å². The summed E-state index contributed by atoms with van der Waals surface area (Å²) in [5, 5.41) is 3.04. The molecule has 1 amide bonds. The molecular formula is C15H14ClFN2O. The van der Waals surface area contributed by atoms with Crippen molar-refractivity contribution < 1.29 is 9.18 Å². The summed E-state index contributed by atoms with van der Waals surface area (Å²) in [6.45, 7) is 1.72. The highest BCUT2D eigenvalue weighted by Crippen LogP contribution is 2.21. The van der Waals surface area contributed by atoms with Crippen LogP contribution in [0, 0.1) is 5.82 Å². The van der Waals surface area contributed by atoms with Gasteiger partial charge < -0.3 is 11.1 Å². The van der Waals surface area contributed by atoms with E-state index in [4.69, 9.17) is 17.3 Å². The van der Waals surface area contributed by atoms with Gasteiger partial charge in [0, 0.05) is 11.1 Å². The summed E-state index contributed by atoms with van der Waals surface area (Å²) < 4.78 is 13.6. The summed E-state index contributed by atoms with van der Waals surface area (Å²) in [6.07, 6.45) is 0. The minimum atomic E-state index is -0.444. The third-order valence-corrected chi connectivity index (χ3v) is 3.31. The molecule has 3 N–H and O–H groups in total. The second-order valence-electron chi connectivity index (χ2n) is 4.45. The third-order valence-electron chi connectivity index (χ3n) is 2.98. The van der Waals surface area contributed by atoms with E-state index in [2.05, 4.69) is 5.32 Å². The maximum Gasteiger partial charge on any atom is 0.251 e. The number of benzene rings is 2. The molecule has 0 saturated carbocycles. The number of amides is 1. The van der Waals surface area contributed by atoms with Gasteiger partial charge in [0.25, 0.3) is 5.91 Å². The summed E-state index contributed by atoms with van der Waals surface area (Å²) in [5.41, 5.74) is 6.81. The van der Waals surface area contributed by atoms with Crippen LogP contribution in [0.4, 0.5) is 10.1 Å². The Morgan fingerprint density at radius 2 is 2.00 bits per heavy atom. The molecule has 5 heteroatoms. The Kier molecular flexibility index (Phi) is 4.25. The van der Waals surface area contributed by atoms with Crippen LogP contribution in [0.3, 0.4) is 0 Å². The van der Waals surface area contributed by atoms with Crippen molar-refractivity contribution in [3.63, 3.8) is 0 Å². The van der Waals surface area contributed by atoms with E-state index in [1.165, 1.54) is 12.1 Å². The van der Waals surface area contributed by atoms with Crippen LogP contribution in [-0.4, -0.2) is 5.91 Å². The van der Waals surface area contributed by atoms with Gasteiger partial charge >= 0.3 is 0 Å². The Labute approximate surface area is 121 Å². The SMILES string of the molecule is C[C@@H](NC(=O)c1ccc(N)c(Cl)c1)c1ccccc1F. The number of halogens is 2. The quantitative estimate of drug-likeness (QED) is 0.850. The van der Waals surface area contributed by atoms with Crippen LogP contribution in [0.25, 0.3) is 0 Å². The lowest BCUT2D eigenvalue weighted by molar-refractivity contribution is 0.0939. The van der Waals surface area contributed by atoms with Gasteiger partial charge in [-0.25, -0.2) is 4.39 Å². The van der Waals surface area contributed by atoms with E-state index in [1.54, 1.807) is 37.3 Å². The number of hydrogen-bond donors (Lipinski definition) is 2. The molecule has 1 atom stereocenters. The lowest BCUT2D eigenvalue weighted by atomic mass is 10.1. The van der Waals surface area contributed by atoms with Crippen LogP contribution in [0.2, 0.25) is 5.02 Å². The summed E-state index contributed by atoms with van der Waals surface area (Å²) in [5.74, 6) is -0.682. The zero-order valence-corrected chi connectivity index (χ0v) is 11.6. The summed E-state index contributed by atoms with van der Waals surface area (Å²) in [7, 11) is 0. The van der Waals surface area contributed by atoms with E-state index in [9.17, 15) is 9.18 Å². The van der Waals surface area contributed by atoms with Gasteiger partial charge in [-0.3, -0.25) is 4.79 Å². The highest BCUT2D eigenvalue weighted by Gasteiger charge is 2.14. The molecule has 0 saturated heterocycles. The molecule has 104 valence electrons. The molecule has 0 aliphatic rings. The minimum absolute atomic E-state index is 0.316. The third kappa shape index (κ3) is 3.08. The lowest BCUT2D eigenvalue weighted by Gasteiger charge is -2.15. The minimum Gasteiger partial charge on any atom is -0.398 e. The molecule has 0 aromatic heterocycles. The number of carbonyl (C=O) groups excluding carboxylic acids is 1. The first-order chi connectivity index (χ1) is 9.49. The summed E-state index contributed by atoms with van der Waals surface area (Å²) in [6, 6.07) is 10.5. The van der Waals surface area contributed by atoms with Gasteiger partial charge in [-0.15, -0.1) is 0 Å². The zero-order chi connectivity index (χ0) is 14.7. The molecule has 0 bridgehead atoms. The van der Waals surface area contributed by atoms with Crippen molar-refractivity contribution >= 4 is 23.2 Å². The number of anilines is 1. The largest absolute Gasteiger partial charge is 0.398 e. The molecule has 20 heavy (non-hydrogen) atoms. The van der Waals surface area contributed by atoms with Crippen LogP contribution in [0.15, 0.2) is 42.5 Å². The number of hydrogen-bond acceptors (Lipinski definition) is 2. The van der Waals surface area contributed by atoms with Crippen molar-refractivity contribution in [2.45, 2.75) is 13.0 Å². The predicted octanol–water partition coefficient (Wildman–Crippen LogP) is 3.55. The van der Waals surface area contributed by atoms with Gasteiger partial charge in [-0.05, 0) is 31.2 Å². The van der Waals surface area contributed by atoms with E-state index < -0.39 is 6.04 Å². The van der Waals surface area contributed by atoms with Crippen molar-refractivity contribution in [2.24, 2.45) is 0 Å². The van der Waals surface area contributed by atoms with Gasteiger partial charge in [0.1, 0.15) is 5.82 Å². The maximum absolute atomic E-state index is 13.6. The number of rotatable bonds is 3. The van der Waals surface area contributed by atoms with Crippen molar-refractivity contribution in [3.05, 3.63) is 64.4 Å². The average molecular weight is 293 g/mol. The molecule has 0 radical (unpaired) electrons. The second-order valence-corrected chi connectivity index (χ2v) is 4.86. The molecule has 2 aromatic rings. The van der Waals surface area contributed by atoms with Gasteiger partial charge in [0.2, 0.25) is 0 Å². The molecule has 3 nitrogen and oxygen atoms in total. The predicted molar refractivity (Wildman–Crippen MR) is 78.1 cm³/mol. The highest BCUT2D eigenvalue weighted by atomic mass is 35.5. The van der Waals surface area contributed by atoms with E-state index in [0.29, 0.717) is 21.8 Å². The summed E-state index contributed by atoms with van der Waals surface area (Å²) in [4.78, 5) is 12.1. The normalized spacial score (nSPS) is 11.9. The van der Waals surface area contributed by atoms with Crippen molar-refractivity contribution in [2.75, 3.05) is 5.73 Å². The topological polar surface area (TPSA) is 55.1 Å². The van der Waals surface area contributed by atoms with E-state index >= 15 is 0 Å². The van der Waals surface area contributed by atoms with Crippen LogP contribution in [-0.2, 0) is 0 Å². The van der Waals surface area contributed by atoms with E-state index in [1.807, 2.05) is 0 Å². The Morgan fingerprint density at radius 1 is 1.30 bits per heavy atom. The molecule has 2 rings (SSSR count). The first-order valence-corrected chi connectivity index (χ1v) is 6.47. The number of nitrogens with two attached hydrogens (primary N) is 1. The second kappa shape index (κ2) is 5.92. The first kappa shape index (κ1) is 14.3. The molecule has 0 unspecified atom stereocenters. The van der Waals surface area contributed by atoms with Gasteiger partial charge in [-0.2, -0.15) is 0 Å². The van der Waals surface area contributed by atoms with Gasteiger partial charge in [0.15, 0.2) is 0 Å². The Bertz CT molecular complexity index is 646. The Hall–Kier alpha value is -2.07. The average Bonchev–Trinajstić information content (AvgIpc) is 2.42. The Morgan fingerprint density at radius 3 is 2.65 bits per heavy atom. The Balaban J connectivity index is 2.15. The molecule has 0 aliphatic carbocycles. The van der Waals surface area contributed by atoms with Crippen molar-refractivity contribution in [1.82, 2.24) is 5.32 Å². The smallest absolute Gasteiger partial charge is 0.251 e. The molecule has 0 fully saturated rings. The van der Waals surface area contributed by atoms with E-state index in [-0.39, 0.29) is 11.7 Å². The molecular weight excluding hydrogens is 279 g/mol. The molecule has 2 aromatic carbocycles. The fourth-order valence-corrected chi connectivity index (χ4v) is 2.03. The fraction of sp³-hybridized carbons (Fsp3) is 0.133. The molecule has 0 heterocycles. The van der Waals surface area contributed by atoms with Crippen molar-refractivity contribution in [1.29, 1.82) is 0 Å². The first-order valence-electron chi connectivity index (χ1n) is 6.09. The molecule has 0 aliphatic heterocycles. The van der Waals surface area contributed by atoms with Crippen LogP contribution in [0.5, 0.6) is 0 Å². The summed E-state index contributed by atoms with van der Waals surface area (Å²) >= 11 is 5.87. The van der Waals surface area contributed by atoms with Crippen LogP contribution in [0.1, 0.15) is 28.9 Å². The monoisotopic (exact) mass is 292 g/mol.